The predicted octanol–water partition coefficient (Wildman–Crippen LogP) is 0.223. The van der Waals surface area contributed by atoms with Crippen LogP contribution in [0.5, 0.6) is 0 Å². The third kappa shape index (κ3) is 3.61. The molecule has 2 amide bonds. The molecule has 2 saturated heterocycles. The average Bonchev–Trinajstić information content (AvgIpc) is 2.62. The fourth-order valence-electron chi connectivity index (χ4n) is 2.90. The van der Waals surface area contributed by atoms with E-state index in [0.29, 0.717) is 45.1 Å². The standard InChI is InChI=1S/C16H22N4O3/c1-13(21)18-5-7-20(8-6-18)16(22)14-3-2-4-15(17-14)19-9-11-23-12-10-19/h2-4H,5-12H2,1H3. The number of hydrogen-bond donors (Lipinski definition) is 0. The normalized spacial score (nSPS) is 18.9. The van der Waals surface area contributed by atoms with Crippen LogP contribution in [0.4, 0.5) is 5.82 Å². The SMILES string of the molecule is CC(=O)N1CCN(C(=O)c2cccc(N3CCOCC3)n2)CC1. The first-order valence-corrected chi connectivity index (χ1v) is 8.00. The third-order valence-corrected chi connectivity index (χ3v) is 4.30. The molecule has 0 aliphatic carbocycles. The zero-order chi connectivity index (χ0) is 16.2. The minimum Gasteiger partial charge on any atom is -0.378 e. The smallest absolute Gasteiger partial charge is 0.272 e. The molecule has 1 aromatic rings. The van der Waals surface area contributed by atoms with Gasteiger partial charge in [0.2, 0.25) is 5.91 Å². The summed E-state index contributed by atoms with van der Waals surface area (Å²) in [5.74, 6) is 0.814. The summed E-state index contributed by atoms with van der Waals surface area (Å²) >= 11 is 0. The Balaban J connectivity index is 1.67. The number of nitrogens with zero attached hydrogens (tertiary/aromatic N) is 4. The summed E-state index contributed by atoms with van der Waals surface area (Å²) in [5, 5.41) is 0. The lowest BCUT2D eigenvalue weighted by atomic mass is 10.2. The van der Waals surface area contributed by atoms with E-state index in [1.54, 1.807) is 22.8 Å². The largest absolute Gasteiger partial charge is 0.378 e. The zero-order valence-electron chi connectivity index (χ0n) is 13.4. The second-order valence-electron chi connectivity index (χ2n) is 5.78. The number of carbonyl (C=O) groups excluding carboxylic acids is 2. The maximum absolute atomic E-state index is 12.6. The van der Waals surface area contributed by atoms with E-state index in [1.807, 2.05) is 12.1 Å². The molecule has 2 aliphatic heterocycles. The summed E-state index contributed by atoms with van der Waals surface area (Å²) in [6.07, 6.45) is 0. The van der Waals surface area contributed by atoms with E-state index in [2.05, 4.69) is 9.88 Å². The first-order valence-electron chi connectivity index (χ1n) is 8.00. The van der Waals surface area contributed by atoms with Crippen LogP contribution < -0.4 is 4.90 Å². The van der Waals surface area contributed by atoms with E-state index < -0.39 is 0 Å². The molecule has 0 atom stereocenters. The molecule has 0 aromatic carbocycles. The lowest BCUT2D eigenvalue weighted by molar-refractivity contribution is -0.130. The number of anilines is 1. The maximum Gasteiger partial charge on any atom is 0.272 e. The van der Waals surface area contributed by atoms with Gasteiger partial charge < -0.3 is 19.4 Å². The number of aromatic nitrogens is 1. The first-order chi connectivity index (χ1) is 11.1. The molecule has 0 bridgehead atoms. The van der Waals surface area contributed by atoms with Gasteiger partial charge in [0, 0.05) is 46.2 Å². The van der Waals surface area contributed by atoms with Crippen LogP contribution in [-0.4, -0.2) is 79.1 Å². The van der Waals surface area contributed by atoms with Crippen molar-refractivity contribution in [2.45, 2.75) is 6.92 Å². The quantitative estimate of drug-likeness (QED) is 0.780. The van der Waals surface area contributed by atoms with E-state index in [1.165, 1.54) is 0 Å². The highest BCUT2D eigenvalue weighted by atomic mass is 16.5. The number of ether oxygens (including phenoxy) is 1. The van der Waals surface area contributed by atoms with Gasteiger partial charge in [-0.05, 0) is 12.1 Å². The molecule has 0 saturated carbocycles. The van der Waals surface area contributed by atoms with Gasteiger partial charge in [0.25, 0.3) is 5.91 Å². The van der Waals surface area contributed by atoms with Gasteiger partial charge in [-0.1, -0.05) is 6.07 Å². The van der Waals surface area contributed by atoms with Crippen molar-refractivity contribution in [1.29, 1.82) is 0 Å². The van der Waals surface area contributed by atoms with Crippen molar-refractivity contribution in [3.8, 4) is 0 Å². The summed E-state index contributed by atoms with van der Waals surface area (Å²) in [5.41, 5.74) is 0.463. The topological polar surface area (TPSA) is 66.0 Å². The number of rotatable bonds is 2. The molecule has 0 spiro atoms. The van der Waals surface area contributed by atoms with Crippen molar-refractivity contribution in [1.82, 2.24) is 14.8 Å². The lowest BCUT2D eigenvalue weighted by Crippen LogP contribution is -2.50. The van der Waals surface area contributed by atoms with Crippen LogP contribution in [0.3, 0.4) is 0 Å². The fraction of sp³-hybridized carbons (Fsp3) is 0.562. The minimum absolute atomic E-state index is 0.0598. The van der Waals surface area contributed by atoms with Gasteiger partial charge in [-0.2, -0.15) is 0 Å². The summed E-state index contributed by atoms with van der Waals surface area (Å²) in [7, 11) is 0. The number of piperazine rings is 1. The van der Waals surface area contributed by atoms with Crippen molar-refractivity contribution < 1.29 is 14.3 Å². The van der Waals surface area contributed by atoms with E-state index in [-0.39, 0.29) is 11.8 Å². The highest BCUT2D eigenvalue weighted by Crippen LogP contribution is 2.15. The Labute approximate surface area is 135 Å². The van der Waals surface area contributed by atoms with Crippen LogP contribution in [0, 0.1) is 0 Å². The highest BCUT2D eigenvalue weighted by Gasteiger charge is 2.24. The van der Waals surface area contributed by atoms with Gasteiger partial charge in [0.15, 0.2) is 0 Å². The fourth-order valence-corrected chi connectivity index (χ4v) is 2.90. The van der Waals surface area contributed by atoms with Crippen LogP contribution in [0.15, 0.2) is 18.2 Å². The Morgan fingerprint density at radius 3 is 2.30 bits per heavy atom. The highest BCUT2D eigenvalue weighted by molar-refractivity contribution is 5.93. The minimum atomic E-state index is -0.0664. The van der Waals surface area contributed by atoms with Gasteiger partial charge in [0.05, 0.1) is 13.2 Å². The molecule has 3 heterocycles. The van der Waals surface area contributed by atoms with Crippen molar-refractivity contribution in [3.05, 3.63) is 23.9 Å². The van der Waals surface area contributed by atoms with E-state index in [0.717, 1.165) is 18.9 Å². The van der Waals surface area contributed by atoms with Gasteiger partial charge in [-0.25, -0.2) is 4.98 Å². The molecule has 0 N–H and O–H groups in total. The average molecular weight is 318 g/mol. The number of amides is 2. The monoisotopic (exact) mass is 318 g/mol. The molecular weight excluding hydrogens is 296 g/mol. The summed E-state index contributed by atoms with van der Waals surface area (Å²) in [6.45, 7) is 6.81. The second kappa shape index (κ2) is 6.95. The molecule has 2 fully saturated rings. The summed E-state index contributed by atoms with van der Waals surface area (Å²) in [6, 6.07) is 5.55. The number of morpholine rings is 1. The van der Waals surface area contributed by atoms with Crippen LogP contribution in [0.2, 0.25) is 0 Å². The number of carbonyl (C=O) groups is 2. The molecular formula is C16H22N4O3. The van der Waals surface area contributed by atoms with Gasteiger partial charge in [-0.3, -0.25) is 9.59 Å². The van der Waals surface area contributed by atoms with Crippen LogP contribution >= 0.6 is 0 Å². The Morgan fingerprint density at radius 1 is 1.00 bits per heavy atom. The Kier molecular flexibility index (Phi) is 4.76. The molecule has 3 rings (SSSR count). The van der Waals surface area contributed by atoms with Gasteiger partial charge in [0.1, 0.15) is 11.5 Å². The van der Waals surface area contributed by atoms with Crippen molar-refractivity contribution in [2.75, 3.05) is 57.4 Å². The van der Waals surface area contributed by atoms with Gasteiger partial charge >= 0.3 is 0 Å². The Morgan fingerprint density at radius 2 is 1.65 bits per heavy atom. The zero-order valence-corrected chi connectivity index (χ0v) is 13.4. The number of hydrogen-bond acceptors (Lipinski definition) is 5. The molecule has 0 unspecified atom stereocenters. The second-order valence-corrected chi connectivity index (χ2v) is 5.78. The number of pyridine rings is 1. The van der Waals surface area contributed by atoms with Crippen LogP contribution in [-0.2, 0) is 9.53 Å². The summed E-state index contributed by atoms with van der Waals surface area (Å²) in [4.78, 5) is 34.2. The van der Waals surface area contributed by atoms with Crippen molar-refractivity contribution in [3.63, 3.8) is 0 Å². The van der Waals surface area contributed by atoms with Crippen LogP contribution in [0.1, 0.15) is 17.4 Å². The molecule has 2 aliphatic rings. The van der Waals surface area contributed by atoms with E-state index in [4.69, 9.17) is 4.74 Å². The lowest BCUT2D eigenvalue weighted by Gasteiger charge is -2.34. The molecule has 7 nitrogen and oxygen atoms in total. The predicted molar refractivity (Wildman–Crippen MR) is 85.4 cm³/mol. The molecule has 124 valence electrons. The summed E-state index contributed by atoms with van der Waals surface area (Å²) < 4.78 is 5.35. The molecule has 0 radical (unpaired) electrons. The molecule has 7 heteroatoms. The van der Waals surface area contributed by atoms with E-state index in [9.17, 15) is 9.59 Å². The first kappa shape index (κ1) is 15.7. The molecule has 1 aromatic heterocycles. The molecule has 23 heavy (non-hydrogen) atoms. The Hall–Kier alpha value is -2.15. The maximum atomic E-state index is 12.6. The van der Waals surface area contributed by atoms with Crippen molar-refractivity contribution in [2.24, 2.45) is 0 Å². The van der Waals surface area contributed by atoms with Crippen molar-refractivity contribution >= 4 is 17.6 Å². The van der Waals surface area contributed by atoms with E-state index >= 15 is 0 Å². The van der Waals surface area contributed by atoms with Gasteiger partial charge in [-0.15, -0.1) is 0 Å². The van der Waals surface area contributed by atoms with Crippen LogP contribution in [0.25, 0.3) is 0 Å². The Bertz CT molecular complexity index is 578. The third-order valence-electron chi connectivity index (χ3n) is 4.30.